The van der Waals surface area contributed by atoms with Gasteiger partial charge in [0.2, 0.25) is 0 Å². The maximum absolute atomic E-state index is 13.3. The van der Waals surface area contributed by atoms with Gasteiger partial charge in [-0.1, -0.05) is 18.2 Å². The molecule has 0 bridgehead atoms. The van der Waals surface area contributed by atoms with Crippen molar-refractivity contribution >= 4 is 23.6 Å². The van der Waals surface area contributed by atoms with Gasteiger partial charge in [-0.15, -0.1) is 0 Å². The number of esters is 1. The Labute approximate surface area is 168 Å². The van der Waals surface area contributed by atoms with Gasteiger partial charge in [-0.3, -0.25) is 19.0 Å². The highest BCUT2D eigenvalue weighted by Gasteiger charge is 2.31. The zero-order chi connectivity index (χ0) is 20.8. The number of nitrogens with zero attached hydrogens (tertiary/aromatic N) is 2. The molecule has 0 spiro atoms. The number of piperidine rings is 1. The molecule has 0 unspecified atom stereocenters. The van der Waals surface area contributed by atoms with Crippen LogP contribution in [0.4, 0.5) is 4.39 Å². The number of pyridine rings is 1. The number of likely N-dealkylation sites (tertiary alicyclic amines) is 1. The molecule has 3 rings (SSSR count). The van der Waals surface area contributed by atoms with Crippen LogP contribution in [-0.2, 0) is 14.3 Å². The first-order valence-electron chi connectivity index (χ1n) is 9.61. The molecule has 6 nitrogen and oxygen atoms in total. The fraction of sp³-hybridized carbons (Fsp3) is 0.318. The molecule has 29 heavy (non-hydrogen) atoms. The van der Waals surface area contributed by atoms with Crippen LogP contribution in [0.5, 0.6) is 0 Å². The second-order valence-electron chi connectivity index (χ2n) is 6.83. The summed E-state index contributed by atoms with van der Waals surface area (Å²) in [4.78, 5) is 39.4. The second kappa shape index (κ2) is 9.32. The van der Waals surface area contributed by atoms with E-state index in [2.05, 4.69) is 0 Å². The molecular weight excluding hydrogens is 375 g/mol. The third kappa shape index (κ3) is 4.99. The van der Waals surface area contributed by atoms with Crippen LogP contribution in [0.1, 0.15) is 25.3 Å². The Morgan fingerprint density at radius 1 is 1.21 bits per heavy atom. The van der Waals surface area contributed by atoms with E-state index in [1.54, 1.807) is 30.0 Å². The highest BCUT2D eigenvalue weighted by Crippen LogP contribution is 2.22. The van der Waals surface area contributed by atoms with E-state index in [-0.39, 0.29) is 41.4 Å². The predicted molar refractivity (Wildman–Crippen MR) is 107 cm³/mol. The van der Waals surface area contributed by atoms with Crippen molar-refractivity contribution in [1.29, 1.82) is 0 Å². The first kappa shape index (κ1) is 20.5. The number of carbonyl (C=O) groups excluding carboxylic acids is 2. The standard InChI is InChI=1S/C22H23FN2O4/c1-2-29-22(28)17-6-5-12-24(15-17)21(27)19(25-13-4-3-7-20(25)26)14-16-8-10-18(23)11-9-16/h3-4,7-11,13-14,17H,2,5-6,12,15H2,1H3/b19-14+/t17-/m1/s1. The number of amides is 1. The number of rotatable bonds is 5. The molecule has 1 fully saturated rings. The summed E-state index contributed by atoms with van der Waals surface area (Å²) >= 11 is 0. The van der Waals surface area contributed by atoms with Crippen LogP contribution in [0.2, 0.25) is 0 Å². The van der Waals surface area contributed by atoms with E-state index >= 15 is 0 Å². The lowest BCUT2D eigenvalue weighted by Gasteiger charge is -2.32. The third-order valence-corrected chi connectivity index (χ3v) is 4.80. The van der Waals surface area contributed by atoms with Gasteiger partial charge in [-0.25, -0.2) is 4.39 Å². The Balaban J connectivity index is 1.94. The van der Waals surface area contributed by atoms with Gasteiger partial charge in [0.15, 0.2) is 0 Å². The monoisotopic (exact) mass is 398 g/mol. The summed E-state index contributed by atoms with van der Waals surface area (Å²) in [5.41, 5.74) is 0.379. The van der Waals surface area contributed by atoms with Crippen LogP contribution in [0.3, 0.4) is 0 Å². The van der Waals surface area contributed by atoms with E-state index in [1.165, 1.54) is 41.1 Å². The van der Waals surface area contributed by atoms with Crippen molar-refractivity contribution < 1.29 is 18.7 Å². The largest absolute Gasteiger partial charge is 0.466 e. The van der Waals surface area contributed by atoms with Crippen molar-refractivity contribution in [2.45, 2.75) is 19.8 Å². The van der Waals surface area contributed by atoms with Crippen LogP contribution in [0, 0.1) is 11.7 Å². The lowest BCUT2D eigenvalue weighted by Crippen LogP contribution is -2.44. The van der Waals surface area contributed by atoms with Crippen LogP contribution < -0.4 is 5.56 Å². The smallest absolute Gasteiger partial charge is 0.310 e. The topological polar surface area (TPSA) is 68.6 Å². The van der Waals surface area contributed by atoms with Crippen molar-refractivity contribution in [1.82, 2.24) is 9.47 Å². The zero-order valence-electron chi connectivity index (χ0n) is 16.2. The molecule has 1 aromatic heterocycles. The molecule has 0 radical (unpaired) electrons. The molecule has 2 aromatic rings. The van der Waals surface area contributed by atoms with Crippen molar-refractivity contribution in [3.05, 3.63) is 70.4 Å². The number of hydrogen-bond donors (Lipinski definition) is 0. The van der Waals surface area contributed by atoms with E-state index in [0.29, 0.717) is 31.6 Å². The van der Waals surface area contributed by atoms with Crippen LogP contribution in [-0.4, -0.2) is 41.0 Å². The van der Waals surface area contributed by atoms with Crippen LogP contribution >= 0.6 is 0 Å². The van der Waals surface area contributed by atoms with Gasteiger partial charge in [0.25, 0.3) is 11.5 Å². The lowest BCUT2D eigenvalue weighted by atomic mass is 9.98. The number of hydrogen-bond acceptors (Lipinski definition) is 4. The summed E-state index contributed by atoms with van der Waals surface area (Å²) in [5, 5.41) is 0. The molecule has 0 N–H and O–H groups in total. The molecule has 1 saturated heterocycles. The molecule has 1 amide bonds. The first-order chi connectivity index (χ1) is 14.0. The van der Waals surface area contributed by atoms with Gasteiger partial charge in [0.05, 0.1) is 12.5 Å². The summed E-state index contributed by atoms with van der Waals surface area (Å²) in [6, 6.07) is 10.3. The van der Waals surface area contributed by atoms with E-state index in [0.717, 1.165) is 0 Å². The molecule has 1 atom stereocenters. The van der Waals surface area contributed by atoms with Crippen molar-refractivity contribution in [3.63, 3.8) is 0 Å². The number of aromatic nitrogens is 1. The molecule has 0 aliphatic carbocycles. The average molecular weight is 398 g/mol. The molecule has 7 heteroatoms. The molecule has 0 saturated carbocycles. The minimum absolute atomic E-state index is 0.145. The van der Waals surface area contributed by atoms with E-state index in [9.17, 15) is 18.8 Å². The summed E-state index contributed by atoms with van der Waals surface area (Å²) in [7, 11) is 0. The lowest BCUT2D eigenvalue weighted by molar-refractivity contribution is -0.150. The fourth-order valence-corrected chi connectivity index (χ4v) is 3.35. The van der Waals surface area contributed by atoms with E-state index in [1.807, 2.05) is 0 Å². The molecule has 1 aliphatic rings. The quantitative estimate of drug-likeness (QED) is 0.574. The van der Waals surface area contributed by atoms with Crippen LogP contribution in [0.15, 0.2) is 53.5 Å². The molecule has 1 aliphatic heterocycles. The Bertz CT molecular complexity index is 965. The molecular formula is C22H23FN2O4. The third-order valence-electron chi connectivity index (χ3n) is 4.80. The summed E-state index contributed by atoms with van der Waals surface area (Å²) < 4.78 is 19.6. The fourth-order valence-electron chi connectivity index (χ4n) is 3.35. The SMILES string of the molecule is CCOC(=O)[C@@H]1CCCN(C(=O)/C(=C\c2ccc(F)cc2)n2ccccc2=O)C1. The maximum atomic E-state index is 13.3. The van der Waals surface area contributed by atoms with Crippen molar-refractivity contribution in [3.8, 4) is 0 Å². The minimum Gasteiger partial charge on any atom is -0.466 e. The van der Waals surface area contributed by atoms with Crippen molar-refractivity contribution in [2.75, 3.05) is 19.7 Å². The van der Waals surface area contributed by atoms with Gasteiger partial charge in [-0.05, 0) is 49.6 Å². The van der Waals surface area contributed by atoms with Gasteiger partial charge in [0, 0.05) is 25.4 Å². The van der Waals surface area contributed by atoms with E-state index < -0.39 is 0 Å². The highest BCUT2D eigenvalue weighted by molar-refractivity contribution is 6.18. The summed E-state index contributed by atoms with van der Waals surface area (Å²) in [5.74, 6) is -1.45. The van der Waals surface area contributed by atoms with Gasteiger partial charge in [0.1, 0.15) is 11.5 Å². The van der Waals surface area contributed by atoms with Gasteiger partial charge < -0.3 is 9.64 Å². The Morgan fingerprint density at radius 2 is 1.97 bits per heavy atom. The molecule has 1 aromatic carbocycles. The number of benzene rings is 1. The number of carbonyl (C=O) groups is 2. The molecule has 152 valence electrons. The summed E-state index contributed by atoms with van der Waals surface area (Å²) in [6.07, 6.45) is 4.40. The average Bonchev–Trinajstić information content (AvgIpc) is 2.74. The van der Waals surface area contributed by atoms with Gasteiger partial charge >= 0.3 is 5.97 Å². The van der Waals surface area contributed by atoms with E-state index in [4.69, 9.17) is 4.74 Å². The zero-order valence-corrected chi connectivity index (χ0v) is 16.2. The highest BCUT2D eigenvalue weighted by atomic mass is 19.1. The number of halogens is 1. The maximum Gasteiger partial charge on any atom is 0.310 e. The Hall–Kier alpha value is -3.22. The van der Waals surface area contributed by atoms with Crippen LogP contribution in [0.25, 0.3) is 11.8 Å². The van der Waals surface area contributed by atoms with Crippen molar-refractivity contribution in [2.24, 2.45) is 5.92 Å². The summed E-state index contributed by atoms with van der Waals surface area (Å²) in [6.45, 7) is 2.75. The Morgan fingerprint density at radius 3 is 2.66 bits per heavy atom. The Kier molecular flexibility index (Phi) is 6.59. The van der Waals surface area contributed by atoms with Gasteiger partial charge in [-0.2, -0.15) is 0 Å². The molecule has 2 heterocycles. The second-order valence-corrected chi connectivity index (χ2v) is 6.83. The normalized spacial score (nSPS) is 17.1. The minimum atomic E-state index is -0.389. The first-order valence-corrected chi connectivity index (χ1v) is 9.61. The number of ether oxygens (including phenoxy) is 1. The predicted octanol–water partition coefficient (Wildman–Crippen LogP) is 2.79.